The molecule has 0 saturated carbocycles. The molecule has 3 rings (SSSR count). The van der Waals surface area contributed by atoms with Gasteiger partial charge in [-0.15, -0.1) is 0 Å². The lowest BCUT2D eigenvalue weighted by Gasteiger charge is -2.32. The van der Waals surface area contributed by atoms with Crippen LogP contribution in [0.25, 0.3) is 0 Å². The fourth-order valence-corrected chi connectivity index (χ4v) is 4.14. The summed E-state index contributed by atoms with van der Waals surface area (Å²) in [5.74, 6) is -6.79. The topological polar surface area (TPSA) is 104 Å². The first-order valence-corrected chi connectivity index (χ1v) is 10.2. The van der Waals surface area contributed by atoms with E-state index >= 15 is 0 Å². The van der Waals surface area contributed by atoms with Crippen LogP contribution in [0.2, 0.25) is 0 Å². The largest absolute Gasteiger partial charge is 0.496 e. The molecule has 35 heavy (non-hydrogen) atoms. The first kappa shape index (κ1) is 26.3. The summed E-state index contributed by atoms with van der Waals surface area (Å²) in [7, 11) is 0.967. The van der Waals surface area contributed by atoms with E-state index in [4.69, 9.17) is 15.2 Å². The van der Waals surface area contributed by atoms with Crippen LogP contribution in [0.1, 0.15) is 47.8 Å². The normalized spacial score (nSPS) is 24.5. The molecule has 1 fully saturated rings. The molecule has 0 aliphatic carbocycles. The van der Waals surface area contributed by atoms with Gasteiger partial charge >= 0.3 is 6.18 Å². The maximum absolute atomic E-state index is 14.1. The van der Waals surface area contributed by atoms with Gasteiger partial charge in [-0.05, 0) is 25.1 Å². The lowest BCUT2D eigenvalue weighted by atomic mass is 9.76. The average molecular weight is 505 g/mol. The van der Waals surface area contributed by atoms with Crippen molar-refractivity contribution in [2.24, 2.45) is 11.7 Å². The Balaban J connectivity index is 2.09. The first-order valence-electron chi connectivity index (χ1n) is 10.2. The van der Waals surface area contributed by atoms with Crippen molar-refractivity contribution in [1.82, 2.24) is 4.98 Å². The number of hydrogen-bond donors (Lipinski definition) is 2. The fourth-order valence-electron chi connectivity index (χ4n) is 4.14. The van der Waals surface area contributed by atoms with Crippen LogP contribution in [0.3, 0.4) is 0 Å². The molecule has 0 unspecified atom stereocenters. The number of nitrogens with zero attached hydrogens (tertiary/aromatic N) is 1. The zero-order chi connectivity index (χ0) is 26.3. The van der Waals surface area contributed by atoms with Crippen molar-refractivity contribution in [2.45, 2.75) is 44.1 Å². The van der Waals surface area contributed by atoms with Crippen molar-refractivity contribution in [2.75, 3.05) is 12.4 Å². The molecule has 7 nitrogen and oxygen atoms in total. The molecule has 1 aliphatic heterocycles. The van der Waals surface area contributed by atoms with Crippen molar-refractivity contribution in [3.05, 3.63) is 53.1 Å². The van der Waals surface area contributed by atoms with E-state index < -0.39 is 65.1 Å². The second-order valence-electron chi connectivity index (χ2n) is 8.13. The highest BCUT2D eigenvalue weighted by molar-refractivity contribution is 5.96. The molecule has 0 bridgehead atoms. The van der Waals surface area contributed by atoms with Crippen LogP contribution < -0.4 is 15.8 Å². The number of rotatable bonds is 6. The molecule has 2 aromatic rings. The number of alkyl halides is 5. The van der Waals surface area contributed by atoms with E-state index in [1.165, 1.54) is 12.1 Å². The molecular weight excluding hydrogens is 484 g/mol. The summed E-state index contributed by atoms with van der Waals surface area (Å²) in [4.78, 5) is 28.0. The predicted octanol–water partition coefficient (Wildman–Crippen LogP) is 4.34. The smallest absolute Gasteiger partial charge is 0.417 e. The number of carbonyl (C=O) groups excluding carboxylic acids is 2. The van der Waals surface area contributed by atoms with E-state index in [1.807, 2.05) is 0 Å². The minimum Gasteiger partial charge on any atom is -0.496 e. The van der Waals surface area contributed by atoms with Crippen LogP contribution in [0.15, 0.2) is 30.5 Å². The quantitative estimate of drug-likeness (QED) is 0.569. The van der Waals surface area contributed by atoms with Crippen LogP contribution in [0.5, 0.6) is 5.75 Å². The van der Waals surface area contributed by atoms with Crippen molar-refractivity contribution in [1.29, 1.82) is 0 Å². The van der Waals surface area contributed by atoms with E-state index in [9.17, 15) is 35.9 Å². The molecule has 0 radical (unpaired) electrons. The summed E-state index contributed by atoms with van der Waals surface area (Å²) in [6.45, 7) is 1.89. The van der Waals surface area contributed by atoms with Gasteiger partial charge in [0.25, 0.3) is 18.2 Å². The zero-order valence-corrected chi connectivity index (χ0v) is 18.6. The molecule has 1 aromatic carbocycles. The fraction of sp³-hybridized carbons (Fsp3) is 0.409. The summed E-state index contributed by atoms with van der Waals surface area (Å²) < 4.78 is 93.5. The lowest BCUT2D eigenvalue weighted by Crippen LogP contribution is -2.47. The number of methoxy groups -OCH3 is 1. The third-order valence-electron chi connectivity index (χ3n) is 6.17. The summed E-state index contributed by atoms with van der Waals surface area (Å²) in [6.07, 6.45) is -9.05. The minimum absolute atomic E-state index is 0.00922. The molecule has 2 heterocycles. The Bertz CT molecular complexity index is 1130. The van der Waals surface area contributed by atoms with Gasteiger partial charge < -0.3 is 20.5 Å². The van der Waals surface area contributed by atoms with Crippen LogP contribution >= 0.6 is 0 Å². The molecule has 1 saturated heterocycles. The zero-order valence-electron chi connectivity index (χ0n) is 18.6. The Labute approximate surface area is 195 Å². The Morgan fingerprint density at radius 1 is 1.23 bits per heavy atom. The monoisotopic (exact) mass is 505 g/mol. The number of nitrogens with one attached hydrogen (secondary N) is 1. The standard InChI is InChI=1S/C22H21F6N3O4/c1-9-14(11-5-6-12(23)15(18(24)25)16(11)34-3)17(35-21(9,2)22(26,27)28)20(33)31-10-4-7-13(19(29)32)30-8-10/h4-9,14,17-18H,1-3H3,(H2,29,32)(H,31,33)/t9-,14-,17+,21+/m0/s1. The molecule has 2 amide bonds. The number of nitrogens with two attached hydrogens (primary N) is 1. The summed E-state index contributed by atoms with van der Waals surface area (Å²) >= 11 is 0. The third-order valence-corrected chi connectivity index (χ3v) is 6.17. The van der Waals surface area contributed by atoms with E-state index in [1.54, 1.807) is 0 Å². The van der Waals surface area contributed by atoms with Crippen LogP contribution in [-0.2, 0) is 9.53 Å². The molecule has 3 N–H and O–H groups in total. The molecule has 190 valence electrons. The molecule has 1 aromatic heterocycles. The van der Waals surface area contributed by atoms with Crippen molar-refractivity contribution >= 4 is 17.5 Å². The first-order chi connectivity index (χ1) is 16.2. The third kappa shape index (κ3) is 4.64. The number of halogens is 6. The van der Waals surface area contributed by atoms with Gasteiger partial charge in [-0.3, -0.25) is 9.59 Å². The number of pyridine rings is 1. The van der Waals surface area contributed by atoms with E-state index in [2.05, 4.69) is 10.3 Å². The Hall–Kier alpha value is -3.35. The highest BCUT2D eigenvalue weighted by Gasteiger charge is 2.66. The lowest BCUT2D eigenvalue weighted by molar-refractivity contribution is -0.272. The molecule has 13 heteroatoms. The number of benzene rings is 1. The van der Waals surface area contributed by atoms with Gasteiger partial charge in [-0.1, -0.05) is 13.0 Å². The molecule has 0 spiro atoms. The molecular formula is C22H21F6N3O4. The Kier molecular flexibility index (Phi) is 7.02. The highest BCUT2D eigenvalue weighted by Crippen LogP contribution is 2.55. The van der Waals surface area contributed by atoms with Crippen molar-refractivity contribution in [3.8, 4) is 5.75 Å². The maximum Gasteiger partial charge on any atom is 0.417 e. The predicted molar refractivity (Wildman–Crippen MR) is 111 cm³/mol. The molecule has 4 atom stereocenters. The number of aromatic nitrogens is 1. The number of amides is 2. The number of ether oxygens (including phenoxy) is 2. The van der Waals surface area contributed by atoms with Gasteiger partial charge in [0.05, 0.1) is 24.6 Å². The van der Waals surface area contributed by atoms with Gasteiger partial charge in [-0.25, -0.2) is 18.2 Å². The highest BCUT2D eigenvalue weighted by atomic mass is 19.4. The molecule has 1 aliphatic rings. The van der Waals surface area contributed by atoms with Gasteiger partial charge in [0.1, 0.15) is 23.4 Å². The Morgan fingerprint density at radius 2 is 1.89 bits per heavy atom. The van der Waals surface area contributed by atoms with E-state index in [0.717, 1.165) is 33.2 Å². The maximum atomic E-state index is 14.1. The second-order valence-corrected chi connectivity index (χ2v) is 8.13. The number of anilines is 1. The van der Waals surface area contributed by atoms with Crippen LogP contribution in [-0.4, -0.2) is 41.8 Å². The summed E-state index contributed by atoms with van der Waals surface area (Å²) in [5, 5.41) is 2.34. The summed E-state index contributed by atoms with van der Waals surface area (Å²) in [6, 6.07) is 4.10. The van der Waals surface area contributed by atoms with E-state index in [-0.39, 0.29) is 16.9 Å². The second kappa shape index (κ2) is 9.36. The number of carbonyl (C=O) groups is 2. The van der Waals surface area contributed by atoms with Gasteiger partial charge in [0, 0.05) is 17.4 Å². The van der Waals surface area contributed by atoms with Crippen LogP contribution in [0.4, 0.5) is 32.0 Å². The minimum atomic E-state index is -4.94. The number of hydrogen-bond acceptors (Lipinski definition) is 5. The van der Waals surface area contributed by atoms with Gasteiger partial charge in [0.2, 0.25) is 0 Å². The van der Waals surface area contributed by atoms with Crippen LogP contribution in [0, 0.1) is 11.7 Å². The van der Waals surface area contributed by atoms with Gasteiger partial charge in [0.15, 0.2) is 5.60 Å². The average Bonchev–Trinajstić information content (AvgIpc) is 3.05. The van der Waals surface area contributed by atoms with Crippen molar-refractivity contribution in [3.63, 3.8) is 0 Å². The Morgan fingerprint density at radius 3 is 2.37 bits per heavy atom. The van der Waals surface area contributed by atoms with Crippen molar-refractivity contribution < 1.29 is 45.4 Å². The summed E-state index contributed by atoms with van der Waals surface area (Å²) in [5.41, 5.74) is 0.759. The number of primary amides is 1. The van der Waals surface area contributed by atoms with Gasteiger partial charge in [-0.2, -0.15) is 13.2 Å². The van der Waals surface area contributed by atoms with E-state index in [0.29, 0.717) is 6.07 Å². The SMILES string of the molecule is COc1c([C@H]2[C@H](C(=O)Nc3ccc(C(N)=O)nc3)O[C@@](C)(C(F)(F)F)[C@H]2C)ccc(F)c1C(F)F.